The molecule has 1 aromatic heterocycles. The van der Waals surface area contributed by atoms with Crippen LogP contribution in [0.2, 0.25) is 0 Å². The maximum absolute atomic E-state index is 13.1. The second-order valence-electron chi connectivity index (χ2n) is 9.57. The Bertz CT molecular complexity index is 1390. The summed E-state index contributed by atoms with van der Waals surface area (Å²) in [5.41, 5.74) is 3.10. The van der Waals surface area contributed by atoms with E-state index in [1.54, 1.807) is 0 Å². The van der Waals surface area contributed by atoms with Gasteiger partial charge in [0.05, 0.1) is 15.5 Å². The summed E-state index contributed by atoms with van der Waals surface area (Å²) in [5.74, 6) is -0.340. The van der Waals surface area contributed by atoms with Crippen LogP contribution in [-0.4, -0.2) is 35.9 Å². The highest BCUT2D eigenvalue weighted by Gasteiger charge is 2.34. The third kappa shape index (κ3) is 4.31. The molecule has 3 aromatic rings. The van der Waals surface area contributed by atoms with Crippen molar-refractivity contribution in [1.82, 2.24) is 9.29 Å². The van der Waals surface area contributed by atoms with Gasteiger partial charge in [0.15, 0.2) is 10.9 Å². The molecular weight excluding hydrogens is 470 g/mol. The van der Waals surface area contributed by atoms with Crippen molar-refractivity contribution < 1.29 is 18.0 Å². The highest BCUT2D eigenvalue weighted by Crippen LogP contribution is 2.38. The number of anilines is 1. The number of Topliss-reactive ketones (excluding diaryl/α,β-unsaturated/α-hetero) is 1. The average Bonchev–Trinajstić information content (AvgIpc) is 3.20. The van der Waals surface area contributed by atoms with E-state index in [-0.39, 0.29) is 16.1 Å². The molecule has 9 heteroatoms. The molecule has 1 N–H and O–H groups in total. The molecule has 7 nitrogen and oxygen atoms in total. The number of hydrogen-bond donors (Lipinski definition) is 1. The molecule has 0 radical (unpaired) electrons. The predicted molar refractivity (Wildman–Crippen MR) is 131 cm³/mol. The number of benzene rings is 2. The number of thiazole rings is 1. The summed E-state index contributed by atoms with van der Waals surface area (Å²) < 4.78 is 27.8. The lowest BCUT2D eigenvalue weighted by molar-refractivity contribution is 0.0915. The first-order valence-electron chi connectivity index (χ1n) is 11.1. The summed E-state index contributed by atoms with van der Waals surface area (Å²) in [6, 6.07) is 13.8. The lowest BCUT2D eigenvalue weighted by Gasteiger charge is -2.28. The van der Waals surface area contributed by atoms with E-state index in [0.29, 0.717) is 47.9 Å². The molecule has 5 rings (SSSR count). The first-order chi connectivity index (χ1) is 16.1. The molecule has 0 spiro atoms. The monoisotopic (exact) mass is 495 g/mol. The van der Waals surface area contributed by atoms with E-state index in [1.807, 2.05) is 38.1 Å². The first kappa shape index (κ1) is 22.9. The molecule has 2 aromatic carbocycles. The molecule has 0 fully saturated rings. The molecule has 0 bridgehead atoms. The minimum absolute atomic E-state index is 0.0548. The average molecular weight is 496 g/mol. The maximum atomic E-state index is 13.1. The fraction of sp³-hybridized carbons (Fsp3) is 0.320. The first-order valence-corrected chi connectivity index (χ1v) is 13.4. The van der Waals surface area contributed by atoms with Gasteiger partial charge in [0.25, 0.3) is 5.91 Å². The Kier molecular flexibility index (Phi) is 5.66. The molecule has 0 atom stereocenters. The molecular formula is C25H25N3O4S2. The lowest BCUT2D eigenvalue weighted by Crippen LogP contribution is -2.35. The molecule has 2 heterocycles. The zero-order valence-electron chi connectivity index (χ0n) is 19.0. The van der Waals surface area contributed by atoms with E-state index in [0.717, 1.165) is 11.3 Å². The molecule has 1 amide bonds. The number of nitrogens with one attached hydrogen (secondary N) is 1. The zero-order chi connectivity index (χ0) is 24.1. The quantitative estimate of drug-likeness (QED) is 0.582. The van der Waals surface area contributed by atoms with E-state index in [4.69, 9.17) is 0 Å². The Balaban J connectivity index is 1.30. The number of fused-ring (bicyclic) bond motifs is 2. The van der Waals surface area contributed by atoms with E-state index >= 15 is 0 Å². The van der Waals surface area contributed by atoms with Gasteiger partial charge in [-0.05, 0) is 53.6 Å². The number of nitrogens with zero attached hydrogens (tertiary/aromatic N) is 2. The van der Waals surface area contributed by atoms with E-state index < -0.39 is 15.9 Å². The Labute approximate surface area is 202 Å². The van der Waals surface area contributed by atoms with Crippen LogP contribution in [0.5, 0.6) is 0 Å². The van der Waals surface area contributed by atoms with Crippen molar-refractivity contribution >= 4 is 38.2 Å². The number of amides is 1. The predicted octanol–water partition coefficient (Wildman–Crippen LogP) is 4.30. The minimum Gasteiger partial charge on any atom is -0.298 e. The molecule has 0 unspecified atom stereocenters. The third-order valence-corrected chi connectivity index (χ3v) is 9.22. The van der Waals surface area contributed by atoms with Crippen LogP contribution in [0.3, 0.4) is 0 Å². The van der Waals surface area contributed by atoms with Gasteiger partial charge in [0, 0.05) is 25.1 Å². The van der Waals surface area contributed by atoms with E-state index in [9.17, 15) is 18.0 Å². The van der Waals surface area contributed by atoms with Crippen LogP contribution in [0.1, 0.15) is 57.1 Å². The van der Waals surface area contributed by atoms with Crippen molar-refractivity contribution in [1.29, 1.82) is 0 Å². The van der Waals surface area contributed by atoms with Gasteiger partial charge in [-0.15, -0.1) is 0 Å². The summed E-state index contributed by atoms with van der Waals surface area (Å²) in [6.45, 7) is 4.82. The van der Waals surface area contributed by atoms with Crippen molar-refractivity contribution in [2.75, 3.05) is 11.9 Å². The highest BCUT2D eigenvalue weighted by molar-refractivity contribution is 7.89. The fourth-order valence-electron chi connectivity index (χ4n) is 4.55. The number of aromatic nitrogens is 1. The Morgan fingerprint density at radius 1 is 1.06 bits per heavy atom. The van der Waals surface area contributed by atoms with Crippen molar-refractivity contribution in [2.45, 2.75) is 44.6 Å². The standard InChI is InChI=1S/C25H25N3O4S2/c1-25(2)13-20-22(21(29)14-25)33-24(26-20)27-23(30)17-7-9-19(10-8-17)34(31,32)28-12-11-16-5-3-4-6-18(16)15-28/h3-10H,11-15H2,1-2H3,(H,26,27,30). The summed E-state index contributed by atoms with van der Waals surface area (Å²) in [6.07, 6.45) is 1.83. The topological polar surface area (TPSA) is 96.4 Å². The second-order valence-corrected chi connectivity index (χ2v) is 12.5. The zero-order valence-corrected chi connectivity index (χ0v) is 20.6. The van der Waals surface area contributed by atoms with Crippen LogP contribution in [0.15, 0.2) is 53.4 Å². The second kappa shape index (κ2) is 8.41. The normalized spacial score (nSPS) is 17.6. The molecule has 2 aliphatic rings. The van der Waals surface area contributed by atoms with Crippen molar-refractivity contribution in [3.63, 3.8) is 0 Å². The van der Waals surface area contributed by atoms with Crippen molar-refractivity contribution in [2.24, 2.45) is 5.41 Å². The number of carbonyl (C=O) groups excluding carboxylic acids is 2. The molecule has 0 saturated carbocycles. The van der Waals surface area contributed by atoms with E-state index in [2.05, 4.69) is 10.3 Å². The van der Waals surface area contributed by atoms with Crippen LogP contribution in [0, 0.1) is 5.41 Å². The number of rotatable bonds is 4. The Morgan fingerprint density at radius 2 is 1.76 bits per heavy atom. The number of hydrogen-bond acceptors (Lipinski definition) is 6. The summed E-state index contributed by atoms with van der Waals surface area (Å²) >= 11 is 1.19. The molecule has 1 aliphatic carbocycles. The van der Waals surface area contributed by atoms with Gasteiger partial charge in [-0.2, -0.15) is 4.31 Å². The molecule has 176 valence electrons. The van der Waals surface area contributed by atoms with Crippen molar-refractivity contribution in [3.8, 4) is 0 Å². The Morgan fingerprint density at radius 3 is 2.50 bits per heavy atom. The van der Waals surface area contributed by atoms with Crippen LogP contribution in [-0.2, 0) is 29.4 Å². The van der Waals surface area contributed by atoms with Gasteiger partial charge < -0.3 is 0 Å². The fourth-order valence-corrected chi connectivity index (χ4v) is 6.88. The van der Waals surface area contributed by atoms with Gasteiger partial charge in [-0.25, -0.2) is 13.4 Å². The SMILES string of the molecule is CC1(C)CC(=O)c2sc(NC(=O)c3ccc(S(=O)(=O)N4CCc5ccccc5C4)cc3)nc2C1. The maximum Gasteiger partial charge on any atom is 0.257 e. The lowest BCUT2D eigenvalue weighted by atomic mass is 9.78. The summed E-state index contributed by atoms with van der Waals surface area (Å²) in [5, 5.41) is 3.13. The largest absolute Gasteiger partial charge is 0.298 e. The van der Waals surface area contributed by atoms with Crippen LogP contribution in [0.4, 0.5) is 5.13 Å². The van der Waals surface area contributed by atoms with Crippen molar-refractivity contribution in [3.05, 3.63) is 75.8 Å². The van der Waals surface area contributed by atoms with E-state index in [1.165, 1.54) is 45.5 Å². The van der Waals surface area contributed by atoms with Gasteiger partial charge in [-0.3, -0.25) is 14.9 Å². The van der Waals surface area contributed by atoms with Gasteiger partial charge in [0.2, 0.25) is 10.0 Å². The number of ketones is 1. The van der Waals surface area contributed by atoms with Gasteiger partial charge in [0.1, 0.15) is 0 Å². The molecule has 0 saturated heterocycles. The van der Waals surface area contributed by atoms with Gasteiger partial charge in [-0.1, -0.05) is 49.4 Å². The van der Waals surface area contributed by atoms with Crippen LogP contribution in [0.25, 0.3) is 0 Å². The summed E-state index contributed by atoms with van der Waals surface area (Å²) in [7, 11) is -3.67. The van der Waals surface area contributed by atoms with Crippen LogP contribution < -0.4 is 5.32 Å². The molecule has 34 heavy (non-hydrogen) atoms. The van der Waals surface area contributed by atoms with Crippen LogP contribution >= 0.6 is 11.3 Å². The highest BCUT2D eigenvalue weighted by atomic mass is 32.2. The Hall–Kier alpha value is -2.88. The smallest absolute Gasteiger partial charge is 0.257 e. The third-order valence-electron chi connectivity index (χ3n) is 6.31. The number of sulfonamides is 1. The summed E-state index contributed by atoms with van der Waals surface area (Å²) in [4.78, 5) is 30.4. The minimum atomic E-state index is -3.67. The van der Waals surface area contributed by atoms with Gasteiger partial charge >= 0.3 is 0 Å². The number of carbonyl (C=O) groups is 2. The molecule has 1 aliphatic heterocycles.